The molecule has 2 heteroatoms. The molecule has 0 bridgehead atoms. The van der Waals surface area contributed by atoms with Crippen LogP contribution in [0.25, 0.3) is 0 Å². The number of rotatable bonds is 4. The van der Waals surface area contributed by atoms with Crippen LogP contribution in [0.4, 0.5) is 0 Å². The van der Waals surface area contributed by atoms with Crippen LogP contribution in [0, 0.1) is 0 Å². The second-order valence-corrected chi connectivity index (χ2v) is 4.70. The molecule has 2 atom stereocenters. The molecule has 1 aliphatic rings. The van der Waals surface area contributed by atoms with Crippen molar-refractivity contribution in [1.82, 2.24) is 5.32 Å². The summed E-state index contributed by atoms with van der Waals surface area (Å²) < 4.78 is 0. The third kappa shape index (κ3) is 3.63. The second kappa shape index (κ2) is 5.65. The highest BCUT2D eigenvalue weighted by Gasteiger charge is 2.08. The van der Waals surface area contributed by atoms with Crippen molar-refractivity contribution in [1.29, 1.82) is 0 Å². The van der Waals surface area contributed by atoms with Gasteiger partial charge in [0.2, 0.25) is 0 Å². The van der Waals surface area contributed by atoms with Crippen molar-refractivity contribution >= 4 is 11.8 Å². The molecule has 1 N–H and O–H groups in total. The Morgan fingerprint density at radius 3 is 3.08 bits per heavy atom. The van der Waals surface area contributed by atoms with Crippen LogP contribution in [-0.4, -0.2) is 24.1 Å². The molecule has 0 aliphatic heterocycles. The molecule has 70 valence electrons. The molecular formula is C10H19NS. The van der Waals surface area contributed by atoms with E-state index in [0.717, 1.165) is 11.8 Å². The van der Waals surface area contributed by atoms with E-state index in [2.05, 4.69) is 30.6 Å². The lowest BCUT2D eigenvalue weighted by atomic mass is 10.0. The Labute approximate surface area is 80.0 Å². The average Bonchev–Trinajstić information content (AvgIpc) is 2.16. The van der Waals surface area contributed by atoms with Crippen molar-refractivity contribution < 1.29 is 0 Å². The molecule has 12 heavy (non-hydrogen) atoms. The van der Waals surface area contributed by atoms with Gasteiger partial charge in [-0.2, -0.15) is 11.8 Å². The van der Waals surface area contributed by atoms with E-state index in [4.69, 9.17) is 0 Å². The van der Waals surface area contributed by atoms with Gasteiger partial charge in [0.25, 0.3) is 0 Å². The molecule has 0 amide bonds. The van der Waals surface area contributed by atoms with Crippen LogP contribution >= 0.6 is 11.8 Å². The van der Waals surface area contributed by atoms with E-state index in [1.165, 1.54) is 19.3 Å². The summed E-state index contributed by atoms with van der Waals surface area (Å²) in [6.45, 7) is 3.40. The van der Waals surface area contributed by atoms with Crippen molar-refractivity contribution in [3.8, 4) is 0 Å². The van der Waals surface area contributed by atoms with Gasteiger partial charge in [0.1, 0.15) is 0 Å². The molecule has 0 heterocycles. The van der Waals surface area contributed by atoms with Crippen LogP contribution in [-0.2, 0) is 0 Å². The van der Waals surface area contributed by atoms with Crippen LogP contribution in [0.2, 0.25) is 0 Å². The monoisotopic (exact) mass is 185 g/mol. The topological polar surface area (TPSA) is 12.0 Å². The number of thioether (sulfide) groups is 1. The normalized spacial score (nSPS) is 25.7. The van der Waals surface area contributed by atoms with Gasteiger partial charge in [0.15, 0.2) is 0 Å². The van der Waals surface area contributed by atoms with E-state index in [1.54, 1.807) is 0 Å². The molecule has 0 aromatic heterocycles. The van der Waals surface area contributed by atoms with Crippen LogP contribution in [0.1, 0.15) is 26.2 Å². The van der Waals surface area contributed by atoms with Crippen molar-refractivity contribution in [2.75, 3.05) is 12.8 Å². The molecular weight excluding hydrogens is 166 g/mol. The Balaban J connectivity index is 2.13. The average molecular weight is 185 g/mol. The minimum atomic E-state index is 0.647. The summed E-state index contributed by atoms with van der Waals surface area (Å²) in [4.78, 5) is 0. The lowest BCUT2D eigenvalue weighted by molar-refractivity contribution is 0.525. The molecule has 0 spiro atoms. The van der Waals surface area contributed by atoms with Gasteiger partial charge in [-0.3, -0.25) is 0 Å². The predicted octanol–water partition coefficient (Wildman–Crippen LogP) is 2.44. The number of hydrogen-bond acceptors (Lipinski definition) is 2. The summed E-state index contributed by atoms with van der Waals surface area (Å²) in [6.07, 6.45) is 10.7. The summed E-state index contributed by atoms with van der Waals surface area (Å²) in [5.74, 6) is 0. The highest BCUT2D eigenvalue weighted by atomic mass is 32.2. The fourth-order valence-electron chi connectivity index (χ4n) is 1.38. The van der Waals surface area contributed by atoms with Gasteiger partial charge in [-0.25, -0.2) is 0 Å². The standard InChI is InChI=1S/C10H19NS/c1-9(12-2)8-11-10-6-4-3-5-7-10/h4,6,9-11H,3,5,7-8H2,1-2H3. The zero-order chi connectivity index (χ0) is 8.81. The molecule has 0 fully saturated rings. The van der Waals surface area contributed by atoms with Gasteiger partial charge < -0.3 is 5.32 Å². The summed E-state index contributed by atoms with van der Waals surface area (Å²) in [6, 6.07) is 0.647. The molecule has 1 rings (SSSR count). The first-order valence-electron chi connectivity index (χ1n) is 4.75. The second-order valence-electron chi connectivity index (χ2n) is 3.42. The Hall–Kier alpha value is 0.0500. The molecule has 0 radical (unpaired) electrons. The lowest BCUT2D eigenvalue weighted by Crippen LogP contribution is -2.33. The fourth-order valence-corrected chi connectivity index (χ4v) is 1.65. The molecule has 2 unspecified atom stereocenters. The Morgan fingerprint density at radius 1 is 1.67 bits per heavy atom. The van der Waals surface area contributed by atoms with E-state index in [9.17, 15) is 0 Å². The van der Waals surface area contributed by atoms with E-state index in [1.807, 2.05) is 11.8 Å². The fraction of sp³-hybridized carbons (Fsp3) is 0.800. The van der Waals surface area contributed by atoms with Crippen molar-refractivity contribution in [3.63, 3.8) is 0 Å². The first-order chi connectivity index (χ1) is 5.83. The van der Waals surface area contributed by atoms with Gasteiger partial charge in [-0.05, 0) is 25.5 Å². The van der Waals surface area contributed by atoms with E-state index in [-0.39, 0.29) is 0 Å². The van der Waals surface area contributed by atoms with Crippen molar-refractivity contribution in [2.45, 2.75) is 37.5 Å². The largest absolute Gasteiger partial charge is 0.309 e. The summed E-state index contributed by atoms with van der Waals surface area (Å²) in [7, 11) is 0. The third-order valence-corrected chi connectivity index (χ3v) is 3.30. The van der Waals surface area contributed by atoms with Crippen molar-refractivity contribution in [2.24, 2.45) is 0 Å². The van der Waals surface area contributed by atoms with Gasteiger partial charge >= 0.3 is 0 Å². The third-order valence-electron chi connectivity index (χ3n) is 2.32. The van der Waals surface area contributed by atoms with Gasteiger partial charge in [-0.1, -0.05) is 19.1 Å². The Bertz CT molecular complexity index is 145. The molecule has 1 aliphatic carbocycles. The minimum absolute atomic E-state index is 0.647. The lowest BCUT2D eigenvalue weighted by Gasteiger charge is -2.19. The van der Waals surface area contributed by atoms with Gasteiger partial charge in [0, 0.05) is 17.8 Å². The maximum absolute atomic E-state index is 3.56. The maximum Gasteiger partial charge on any atom is 0.0250 e. The summed E-state index contributed by atoms with van der Waals surface area (Å²) >= 11 is 1.93. The quantitative estimate of drug-likeness (QED) is 0.675. The van der Waals surface area contributed by atoms with E-state index in [0.29, 0.717) is 6.04 Å². The number of nitrogens with one attached hydrogen (secondary N) is 1. The number of hydrogen-bond donors (Lipinski definition) is 1. The first-order valence-corrected chi connectivity index (χ1v) is 6.04. The van der Waals surface area contributed by atoms with Gasteiger partial charge in [0.05, 0.1) is 0 Å². The van der Waals surface area contributed by atoms with Crippen LogP contribution in [0.3, 0.4) is 0 Å². The van der Waals surface area contributed by atoms with Crippen LogP contribution in [0.5, 0.6) is 0 Å². The molecule has 0 aromatic rings. The molecule has 0 saturated heterocycles. The Kier molecular flexibility index (Phi) is 4.77. The predicted molar refractivity (Wildman–Crippen MR) is 57.8 cm³/mol. The van der Waals surface area contributed by atoms with Crippen LogP contribution < -0.4 is 5.32 Å². The minimum Gasteiger partial charge on any atom is -0.309 e. The maximum atomic E-state index is 3.56. The van der Waals surface area contributed by atoms with Crippen LogP contribution in [0.15, 0.2) is 12.2 Å². The number of allylic oxidation sites excluding steroid dienone is 1. The van der Waals surface area contributed by atoms with E-state index < -0.39 is 0 Å². The molecule has 0 aromatic carbocycles. The molecule has 1 nitrogen and oxygen atoms in total. The Morgan fingerprint density at radius 2 is 2.50 bits per heavy atom. The molecule has 0 saturated carbocycles. The highest BCUT2D eigenvalue weighted by molar-refractivity contribution is 7.99. The first kappa shape index (κ1) is 10.1. The van der Waals surface area contributed by atoms with Gasteiger partial charge in [-0.15, -0.1) is 0 Å². The zero-order valence-corrected chi connectivity index (χ0v) is 8.86. The zero-order valence-electron chi connectivity index (χ0n) is 8.05. The van der Waals surface area contributed by atoms with Crippen molar-refractivity contribution in [3.05, 3.63) is 12.2 Å². The summed E-state index contributed by atoms with van der Waals surface area (Å²) in [5.41, 5.74) is 0. The SMILES string of the molecule is CSC(C)CNC1C=CCCC1. The highest BCUT2D eigenvalue weighted by Crippen LogP contribution is 2.11. The smallest absolute Gasteiger partial charge is 0.0250 e. The summed E-state index contributed by atoms with van der Waals surface area (Å²) in [5, 5.41) is 4.30. The van der Waals surface area contributed by atoms with E-state index >= 15 is 0 Å².